The van der Waals surface area contributed by atoms with Crippen LogP contribution in [0.4, 0.5) is 0 Å². The number of nitrogens with one attached hydrogen (secondary N) is 1. The Morgan fingerprint density at radius 3 is 2.71 bits per heavy atom. The summed E-state index contributed by atoms with van der Waals surface area (Å²) in [6.45, 7) is 2.69. The number of hydrogen-bond acceptors (Lipinski definition) is 4. The Kier molecular flexibility index (Phi) is 4.34. The maximum absolute atomic E-state index is 10.9. The van der Waals surface area contributed by atoms with Crippen molar-refractivity contribution >= 4 is 9.84 Å². The zero-order valence-electron chi connectivity index (χ0n) is 8.99. The smallest absolute Gasteiger partial charge is 0.148 e. The van der Waals surface area contributed by atoms with Crippen LogP contribution in [0.1, 0.15) is 12.8 Å². The number of rotatable bonds is 5. The van der Waals surface area contributed by atoms with Gasteiger partial charge in [-0.3, -0.25) is 0 Å². The van der Waals surface area contributed by atoms with Gasteiger partial charge in [-0.15, -0.1) is 0 Å². The maximum atomic E-state index is 10.9. The van der Waals surface area contributed by atoms with Gasteiger partial charge in [0.25, 0.3) is 0 Å². The van der Waals surface area contributed by atoms with E-state index in [-0.39, 0.29) is 5.75 Å². The predicted octanol–water partition coefficient (Wildman–Crippen LogP) is -0.285. The molecule has 0 aromatic rings. The van der Waals surface area contributed by atoms with E-state index in [4.69, 9.17) is 0 Å². The fourth-order valence-electron chi connectivity index (χ4n) is 1.70. The van der Waals surface area contributed by atoms with Crippen LogP contribution >= 0.6 is 0 Å². The molecule has 1 saturated heterocycles. The fourth-order valence-corrected chi connectivity index (χ4v) is 2.35. The Morgan fingerprint density at radius 1 is 1.50 bits per heavy atom. The van der Waals surface area contributed by atoms with E-state index in [1.54, 1.807) is 0 Å². The minimum Gasteiger partial charge on any atom is -0.313 e. The molecule has 1 aliphatic rings. The highest BCUT2D eigenvalue weighted by molar-refractivity contribution is 7.90. The molecule has 14 heavy (non-hydrogen) atoms. The van der Waals surface area contributed by atoms with Crippen molar-refractivity contribution in [2.45, 2.75) is 18.9 Å². The average molecular weight is 220 g/mol. The van der Waals surface area contributed by atoms with Gasteiger partial charge in [-0.1, -0.05) is 0 Å². The Labute approximate surface area is 86.6 Å². The molecule has 1 fully saturated rings. The van der Waals surface area contributed by atoms with Crippen molar-refractivity contribution in [3.8, 4) is 0 Å². The van der Waals surface area contributed by atoms with E-state index in [0.717, 1.165) is 13.1 Å². The van der Waals surface area contributed by atoms with Gasteiger partial charge in [0, 0.05) is 25.4 Å². The van der Waals surface area contributed by atoms with Crippen molar-refractivity contribution in [1.82, 2.24) is 10.2 Å². The second kappa shape index (κ2) is 5.09. The summed E-state index contributed by atoms with van der Waals surface area (Å²) < 4.78 is 21.9. The maximum Gasteiger partial charge on any atom is 0.148 e. The van der Waals surface area contributed by atoms with Gasteiger partial charge < -0.3 is 10.2 Å². The molecule has 1 unspecified atom stereocenters. The van der Waals surface area contributed by atoms with Crippen molar-refractivity contribution in [3.63, 3.8) is 0 Å². The minimum atomic E-state index is -2.81. The Hall–Kier alpha value is -0.130. The first-order valence-electron chi connectivity index (χ1n) is 5.07. The molecule has 0 amide bonds. The lowest BCUT2D eigenvalue weighted by atomic mass is 10.2. The molecule has 0 saturated carbocycles. The van der Waals surface area contributed by atoms with Gasteiger partial charge in [0.15, 0.2) is 0 Å². The van der Waals surface area contributed by atoms with E-state index in [1.165, 1.54) is 19.1 Å². The van der Waals surface area contributed by atoms with Gasteiger partial charge in [-0.25, -0.2) is 8.42 Å². The van der Waals surface area contributed by atoms with E-state index in [0.29, 0.717) is 12.6 Å². The van der Waals surface area contributed by atoms with Crippen LogP contribution in [0.5, 0.6) is 0 Å². The van der Waals surface area contributed by atoms with Crippen molar-refractivity contribution in [2.24, 2.45) is 0 Å². The third-order valence-electron chi connectivity index (χ3n) is 2.54. The lowest BCUT2D eigenvalue weighted by molar-refractivity contribution is 0.315. The second-order valence-corrected chi connectivity index (χ2v) is 6.45. The van der Waals surface area contributed by atoms with Gasteiger partial charge >= 0.3 is 0 Å². The van der Waals surface area contributed by atoms with Crippen molar-refractivity contribution in [3.05, 3.63) is 0 Å². The molecule has 1 atom stereocenters. The van der Waals surface area contributed by atoms with Crippen LogP contribution in [0.25, 0.3) is 0 Å². The molecule has 5 heteroatoms. The summed E-state index contributed by atoms with van der Waals surface area (Å²) in [5.41, 5.74) is 0. The number of hydrogen-bond donors (Lipinski definition) is 1. The van der Waals surface area contributed by atoms with E-state index >= 15 is 0 Å². The van der Waals surface area contributed by atoms with Crippen molar-refractivity contribution in [2.75, 3.05) is 38.7 Å². The molecular weight excluding hydrogens is 200 g/mol. The molecule has 4 nitrogen and oxygen atoms in total. The highest BCUT2D eigenvalue weighted by Crippen LogP contribution is 2.05. The van der Waals surface area contributed by atoms with Crippen LogP contribution in [0.3, 0.4) is 0 Å². The molecule has 1 heterocycles. The van der Waals surface area contributed by atoms with Crippen LogP contribution in [-0.2, 0) is 9.84 Å². The second-order valence-electron chi connectivity index (χ2n) is 4.19. The molecule has 84 valence electrons. The lowest BCUT2D eigenvalue weighted by Crippen LogP contribution is -2.37. The van der Waals surface area contributed by atoms with Gasteiger partial charge in [-0.05, 0) is 26.4 Å². The summed E-state index contributed by atoms with van der Waals surface area (Å²) >= 11 is 0. The van der Waals surface area contributed by atoms with E-state index in [2.05, 4.69) is 10.2 Å². The topological polar surface area (TPSA) is 49.4 Å². The normalized spacial score (nSPS) is 23.2. The number of likely N-dealkylation sites (N-methyl/N-ethyl adjacent to an activating group) is 1. The van der Waals surface area contributed by atoms with Crippen LogP contribution in [-0.4, -0.2) is 58.1 Å². The monoisotopic (exact) mass is 220 g/mol. The molecule has 0 radical (unpaired) electrons. The molecule has 1 aliphatic heterocycles. The summed E-state index contributed by atoms with van der Waals surface area (Å²) in [6.07, 6.45) is 3.74. The summed E-state index contributed by atoms with van der Waals surface area (Å²) in [6, 6.07) is 0.555. The first-order valence-corrected chi connectivity index (χ1v) is 7.13. The summed E-state index contributed by atoms with van der Waals surface area (Å²) in [5.74, 6) is 0.260. The fraction of sp³-hybridized carbons (Fsp3) is 1.00. The highest BCUT2D eigenvalue weighted by Gasteiger charge is 2.16. The summed E-state index contributed by atoms with van der Waals surface area (Å²) in [5, 5.41) is 3.39. The molecular formula is C9H20N2O2S. The third-order valence-corrected chi connectivity index (χ3v) is 3.46. The molecule has 1 N–H and O–H groups in total. The highest BCUT2D eigenvalue weighted by atomic mass is 32.2. The molecule has 0 bridgehead atoms. The molecule has 0 spiro atoms. The van der Waals surface area contributed by atoms with Crippen LogP contribution in [0.2, 0.25) is 0 Å². The summed E-state index contributed by atoms with van der Waals surface area (Å²) in [4.78, 5) is 2.09. The first kappa shape index (κ1) is 11.9. The van der Waals surface area contributed by atoms with Gasteiger partial charge in [0.1, 0.15) is 9.84 Å². The zero-order valence-corrected chi connectivity index (χ0v) is 9.81. The standard InChI is InChI=1S/C9H20N2O2S/c1-11(6-7-14(2,12)13)8-9-4-3-5-10-9/h9-10H,3-8H2,1-2H3. The average Bonchev–Trinajstić information content (AvgIpc) is 2.52. The molecule has 0 aromatic heterocycles. The largest absolute Gasteiger partial charge is 0.313 e. The minimum absolute atomic E-state index is 0.260. The Morgan fingerprint density at radius 2 is 2.21 bits per heavy atom. The van der Waals surface area contributed by atoms with Crippen LogP contribution in [0.15, 0.2) is 0 Å². The SMILES string of the molecule is CN(CCS(C)(=O)=O)CC1CCCN1. The Balaban J connectivity index is 2.18. The van der Waals surface area contributed by atoms with E-state index in [9.17, 15) is 8.42 Å². The first-order chi connectivity index (χ1) is 6.47. The van der Waals surface area contributed by atoms with Crippen LogP contribution < -0.4 is 5.32 Å². The molecule has 0 aliphatic carbocycles. The van der Waals surface area contributed by atoms with Crippen LogP contribution in [0, 0.1) is 0 Å². The summed E-state index contributed by atoms with van der Waals surface area (Å²) in [7, 11) is -0.838. The van der Waals surface area contributed by atoms with Crippen molar-refractivity contribution in [1.29, 1.82) is 0 Å². The third kappa shape index (κ3) is 4.93. The predicted molar refractivity (Wildman–Crippen MR) is 58.2 cm³/mol. The number of nitrogens with zero attached hydrogens (tertiary/aromatic N) is 1. The number of sulfone groups is 1. The van der Waals surface area contributed by atoms with Crippen molar-refractivity contribution < 1.29 is 8.42 Å². The van der Waals surface area contributed by atoms with E-state index in [1.807, 2.05) is 7.05 Å². The lowest BCUT2D eigenvalue weighted by Gasteiger charge is -2.20. The van der Waals surface area contributed by atoms with Gasteiger partial charge in [-0.2, -0.15) is 0 Å². The van der Waals surface area contributed by atoms with Gasteiger partial charge in [0.05, 0.1) is 5.75 Å². The Bertz CT molecular complexity index is 258. The molecule has 1 rings (SSSR count). The zero-order chi connectivity index (χ0) is 10.6. The quantitative estimate of drug-likeness (QED) is 0.692. The van der Waals surface area contributed by atoms with E-state index < -0.39 is 9.84 Å². The van der Waals surface area contributed by atoms with Gasteiger partial charge in [0.2, 0.25) is 0 Å². The molecule has 0 aromatic carbocycles.